The van der Waals surface area contributed by atoms with Gasteiger partial charge in [0.2, 0.25) is 0 Å². The number of oxazole rings is 1. The quantitative estimate of drug-likeness (QED) is 0.769. The Balaban J connectivity index is 1.43. The monoisotopic (exact) mass is 366 g/mol. The topological polar surface area (TPSA) is 72.5 Å². The summed E-state index contributed by atoms with van der Waals surface area (Å²) in [7, 11) is 2.15. The second-order valence-corrected chi connectivity index (χ2v) is 7.40. The summed E-state index contributed by atoms with van der Waals surface area (Å²) in [6, 6.07) is 9.17. The number of carbonyl (C=O) groups is 1. The lowest BCUT2D eigenvalue weighted by Crippen LogP contribution is -2.59. The van der Waals surface area contributed by atoms with Gasteiger partial charge in [-0.3, -0.25) is 14.3 Å². The predicted molar refractivity (Wildman–Crippen MR) is 100.0 cm³/mol. The average molecular weight is 366 g/mol. The largest absolute Gasteiger partial charge is 0.432 e. The molecule has 2 aliphatic rings. The van der Waals surface area contributed by atoms with Crippen molar-refractivity contribution in [2.24, 2.45) is 0 Å². The second-order valence-electron chi connectivity index (χ2n) is 7.40. The lowest BCUT2D eigenvalue weighted by Gasteiger charge is -2.46. The molecule has 1 aromatic carbocycles. The van der Waals surface area contributed by atoms with E-state index in [2.05, 4.69) is 22.2 Å². The summed E-state index contributed by atoms with van der Waals surface area (Å²) in [6.07, 6.45) is 6.77. The maximum atomic E-state index is 13.1. The van der Waals surface area contributed by atoms with Crippen LogP contribution in [0.1, 0.15) is 23.2 Å². The summed E-state index contributed by atoms with van der Waals surface area (Å²) in [4.78, 5) is 19.7. The van der Waals surface area contributed by atoms with Gasteiger partial charge in [-0.05, 0) is 26.0 Å². The smallest absolute Gasteiger partial charge is 0.306 e. The molecule has 27 heavy (non-hydrogen) atoms. The van der Waals surface area contributed by atoms with Crippen molar-refractivity contribution < 1.29 is 13.9 Å². The van der Waals surface area contributed by atoms with Gasteiger partial charge in [-0.2, -0.15) is 0 Å². The van der Waals surface area contributed by atoms with Crippen LogP contribution in [0.5, 0.6) is 0 Å². The number of likely N-dealkylation sites (N-methyl/N-ethyl adjacent to an activating group) is 1. The van der Waals surface area contributed by atoms with Gasteiger partial charge in [-0.15, -0.1) is 0 Å². The van der Waals surface area contributed by atoms with Crippen molar-refractivity contribution in [1.29, 1.82) is 0 Å². The SMILES string of the molecule is CN1[C@@H]2COC[C@H]1C[C@@H](NC(=O)c1cn(-c3ncco3)c3ccccc13)C2. The van der Waals surface area contributed by atoms with Crippen molar-refractivity contribution in [2.75, 3.05) is 20.3 Å². The first-order valence-corrected chi connectivity index (χ1v) is 9.31. The minimum absolute atomic E-state index is 0.0509. The van der Waals surface area contributed by atoms with Crippen molar-refractivity contribution in [3.8, 4) is 6.01 Å². The Bertz CT molecular complexity index is 951. The maximum absolute atomic E-state index is 13.1. The van der Waals surface area contributed by atoms with E-state index >= 15 is 0 Å². The maximum Gasteiger partial charge on any atom is 0.306 e. The standard InChI is InChI=1S/C20H22N4O3/c1-23-14-8-13(9-15(23)12-26-11-14)22-19(25)17-10-24(20-21-6-7-27-20)18-5-3-2-4-16(17)18/h2-7,10,13-15H,8-9,11-12H2,1H3,(H,22,25)/t13-,14-,15+. The van der Waals surface area contributed by atoms with E-state index in [9.17, 15) is 4.79 Å². The van der Waals surface area contributed by atoms with E-state index in [0.29, 0.717) is 23.7 Å². The van der Waals surface area contributed by atoms with E-state index in [-0.39, 0.29) is 11.9 Å². The molecule has 3 atom stereocenters. The zero-order valence-electron chi connectivity index (χ0n) is 15.2. The van der Waals surface area contributed by atoms with Gasteiger partial charge in [0.25, 0.3) is 5.91 Å². The molecule has 0 unspecified atom stereocenters. The van der Waals surface area contributed by atoms with E-state index in [0.717, 1.165) is 37.0 Å². The van der Waals surface area contributed by atoms with Crippen LogP contribution in [0.15, 0.2) is 47.3 Å². The third kappa shape index (κ3) is 2.83. The van der Waals surface area contributed by atoms with E-state index in [1.54, 1.807) is 6.20 Å². The number of morpholine rings is 1. The number of amides is 1. The molecule has 2 aliphatic heterocycles. The highest BCUT2D eigenvalue weighted by molar-refractivity contribution is 6.07. The van der Waals surface area contributed by atoms with E-state index < -0.39 is 0 Å². The highest BCUT2D eigenvalue weighted by atomic mass is 16.5. The molecule has 4 heterocycles. The predicted octanol–water partition coefficient (Wildman–Crippen LogP) is 2.21. The van der Waals surface area contributed by atoms with Gasteiger partial charge < -0.3 is 14.5 Å². The third-order valence-corrected chi connectivity index (χ3v) is 5.80. The number of para-hydroxylation sites is 1. The van der Waals surface area contributed by atoms with Crippen LogP contribution in [-0.4, -0.2) is 58.7 Å². The third-order valence-electron chi connectivity index (χ3n) is 5.80. The minimum atomic E-state index is -0.0509. The van der Waals surface area contributed by atoms with Gasteiger partial charge in [0.05, 0.1) is 30.5 Å². The number of hydrogen-bond acceptors (Lipinski definition) is 5. The first-order chi connectivity index (χ1) is 13.2. The normalized spacial score (nSPS) is 25.6. The van der Waals surface area contributed by atoms with Gasteiger partial charge in [0.15, 0.2) is 0 Å². The fourth-order valence-corrected chi connectivity index (χ4v) is 4.33. The van der Waals surface area contributed by atoms with Crippen molar-refractivity contribution in [1.82, 2.24) is 19.8 Å². The van der Waals surface area contributed by atoms with Gasteiger partial charge in [-0.25, -0.2) is 4.98 Å². The highest BCUT2D eigenvalue weighted by Crippen LogP contribution is 2.28. The summed E-state index contributed by atoms with van der Waals surface area (Å²) < 4.78 is 12.9. The molecule has 0 saturated carbocycles. The molecule has 2 saturated heterocycles. The second kappa shape index (κ2) is 6.51. The van der Waals surface area contributed by atoms with Crippen LogP contribution in [0.4, 0.5) is 0 Å². The van der Waals surface area contributed by atoms with Crippen molar-refractivity contribution in [2.45, 2.75) is 31.0 Å². The molecular formula is C20H22N4O3. The van der Waals surface area contributed by atoms with Crippen molar-refractivity contribution in [3.05, 3.63) is 48.5 Å². The number of fused-ring (bicyclic) bond motifs is 3. The van der Waals surface area contributed by atoms with Gasteiger partial charge in [0.1, 0.15) is 6.26 Å². The van der Waals surface area contributed by atoms with Crippen LogP contribution in [-0.2, 0) is 4.74 Å². The zero-order valence-corrected chi connectivity index (χ0v) is 15.2. The number of rotatable bonds is 3. The molecule has 5 rings (SSSR count). The van der Waals surface area contributed by atoms with Crippen LogP contribution in [0, 0.1) is 0 Å². The number of benzene rings is 1. The molecule has 2 aromatic heterocycles. The fraction of sp³-hybridized carbons (Fsp3) is 0.400. The summed E-state index contributed by atoms with van der Waals surface area (Å²) in [6.45, 7) is 1.48. The molecule has 2 fully saturated rings. The molecule has 1 amide bonds. The Morgan fingerprint density at radius 1 is 1.22 bits per heavy atom. The first-order valence-electron chi connectivity index (χ1n) is 9.31. The Labute approximate surface area is 156 Å². The highest BCUT2D eigenvalue weighted by Gasteiger charge is 2.37. The van der Waals surface area contributed by atoms with Crippen LogP contribution in [0.2, 0.25) is 0 Å². The number of piperidine rings is 1. The molecule has 1 N–H and O–H groups in total. The number of aromatic nitrogens is 2. The number of ether oxygens (including phenoxy) is 1. The van der Waals surface area contributed by atoms with Crippen LogP contribution in [0.25, 0.3) is 16.9 Å². The number of carbonyl (C=O) groups excluding carboxylic acids is 1. The Hall–Kier alpha value is -2.64. The Morgan fingerprint density at radius 2 is 2.00 bits per heavy atom. The molecule has 0 aliphatic carbocycles. The molecule has 7 nitrogen and oxygen atoms in total. The van der Waals surface area contributed by atoms with Crippen LogP contribution < -0.4 is 5.32 Å². The summed E-state index contributed by atoms with van der Waals surface area (Å²) in [5.74, 6) is -0.0509. The number of nitrogens with zero attached hydrogens (tertiary/aromatic N) is 3. The fourth-order valence-electron chi connectivity index (χ4n) is 4.33. The van der Waals surface area contributed by atoms with E-state index in [4.69, 9.17) is 9.15 Å². The summed E-state index contributed by atoms with van der Waals surface area (Å²) in [5, 5.41) is 4.14. The first kappa shape index (κ1) is 16.5. The van der Waals surface area contributed by atoms with Crippen molar-refractivity contribution in [3.63, 3.8) is 0 Å². The number of hydrogen-bond donors (Lipinski definition) is 1. The summed E-state index contributed by atoms with van der Waals surface area (Å²) >= 11 is 0. The molecular weight excluding hydrogens is 344 g/mol. The van der Waals surface area contributed by atoms with Gasteiger partial charge >= 0.3 is 6.01 Å². The number of nitrogens with one attached hydrogen (secondary N) is 1. The Morgan fingerprint density at radius 3 is 2.74 bits per heavy atom. The average Bonchev–Trinajstić information content (AvgIpc) is 3.30. The lowest BCUT2D eigenvalue weighted by atomic mass is 9.90. The van der Waals surface area contributed by atoms with Gasteiger partial charge in [-0.1, -0.05) is 18.2 Å². The van der Waals surface area contributed by atoms with Crippen LogP contribution in [0.3, 0.4) is 0 Å². The lowest BCUT2D eigenvalue weighted by molar-refractivity contribution is -0.0670. The van der Waals surface area contributed by atoms with Crippen LogP contribution >= 0.6 is 0 Å². The molecule has 3 aromatic rings. The van der Waals surface area contributed by atoms with Crippen molar-refractivity contribution >= 4 is 16.8 Å². The minimum Gasteiger partial charge on any atom is -0.432 e. The Kier molecular flexibility index (Phi) is 3.98. The molecule has 2 bridgehead atoms. The van der Waals surface area contributed by atoms with Gasteiger partial charge in [0, 0.05) is 29.7 Å². The molecule has 140 valence electrons. The molecule has 7 heteroatoms. The molecule has 0 spiro atoms. The zero-order chi connectivity index (χ0) is 18.4. The summed E-state index contributed by atoms with van der Waals surface area (Å²) in [5.41, 5.74) is 1.54. The molecule has 0 radical (unpaired) electrons. The van der Waals surface area contributed by atoms with E-state index in [1.165, 1.54) is 6.26 Å². The van der Waals surface area contributed by atoms with E-state index in [1.807, 2.05) is 35.0 Å².